The van der Waals surface area contributed by atoms with Gasteiger partial charge in [-0.25, -0.2) is 8.42 Å². The van der Waals surface area contributed by atoms with Gasteiger partial charge in [-0.2, -0.15) is 0 Å². The highest BCUT2D eigenvalue weighted by atomic mass is 32.2. The van der Waals surface area contributed by atoms with Crippen molar-refractivity contribution in [3.8, 4) is 0 Å². The summed E-state index contributed by atoms with van der Waals surface area (Å²) >= 11 is 0. The Bertz CT molecular complexity index is 397. The van der Waals surface area contributed by atoms with E-state index < -0.39 is 9.84 Å². The van der Waals surface area contributed by atoms with Crippen molar-refractivity contribution in [1.29, 1.82) is 0 Å². The van der Waals surface area contributed by atoms with E-state index in [0.29, 0.717) is 6.61 Å². The van der Waals surface area contributed by atoms with Crippen molar-refractivity contribution in [3.63, 3.8) is 0 Å². The summed E-state index contributed by atoms with van der Waals surface area (Å²) in [4.78, 5) is 0. The molecule has 1 saturated heterocycles. The fourth-order valence-corrected chi connectivity index (χ4v) is 2.81. The Morgan fingerprint density at radius 3 is 2.57 bits per heavy atom. The Morgan fingerprint density at radius 1 is 1.21 bits per heavy atom. The van der Waals surface area contributed by atoms with Crippen LogP contribution in [0.3, 0.4) is 0 Å². The molecule has 76 valence electrons. The number of sulfone groups is 1. The number of hydrogen-bond acceptors (Lipinski definition) is 3. The van der Waals surface area contributed by atoms with Gasteiger partial charge in [-0.1, -0.05) is 30.3 Å². The lowest BCUT2D eigenvalue weighted by Gasteiger charge is -2.22. The molecule has 1 aromatic carbocycles. The number of rotatable bonds is 1. The van der Waals surface area contributed by atoms with Crippen LogP contribution in [0.25, 0.3) is 0 Å². The summed E-state index contributed by atoms with van der Waals surface area (Å²) in [6.07, 6.45) is -0.282. The molecule has 4 heteroatoms. The molecule has 1 aliphatic heterocycles. The molecule has 1 heterocycles. The molecule has 0 N–H and O–H groups in total. The van der Waals surface area contributed by atoms with Crippen molar-refractivity contribution in [2.24, 2.45) is 0 Å². The van der Waals surface area contributed by atoms with E-state index in [0.717, 1.165) is 5.56 Å². The topological polar surface area (TPSA) is 43.4 Å². The first-order valence-corrected chi connectivity index (χ1v) is 6.36. The molecule has 0 bridgehead atoms. The number of ether oxygens (including phenoxy) is 1. The molecule has 0 radical (unpaired) electrons. The summed E-state index contributed by atoms with van der Waals surface area (Å²) in [7, 11) is -2.91. The summed E-state index contributed by atoms with van der Waals surface area (Å²) in [5.41, 5.74) is 0.941. The molecular formula is C10H12O3S. The average Bonchev–Trinajstić information content (AvgIpc) is 2.18. The summed E-state index contributed by atoms with van der Waals surface area (Å²) < 4.78 is 28.1. The molecule has 0 aromatic heterocycles. The van der Waals surface area contributed by atoms with Gasteiger partial charge in [0.1, 0.15) is 0 Å². The van der Waals surface area contributed by atoms with Crippen LogP contribution < -0.4 is 0 Å². The van der Waals surface area contributed by atoms with Gasteiger partial charge >= 0.3 is 0 Å². The monoisotopic (exact) mass is 212 g/mol. The maximum absolute atomic E-state index is 11.4. The van der Waals surface area contributed by atoms with E-state index >= 15 is 0 Å². The maximum atomic E-state index is 11.4. The van der Waals surface area contributed by atoms with Crippen molar-refractivity contribution in [2.45, 2.75) is 6.10 Å². The fourth-order valence-electron chi connectivity index (χ4n) is 1.54. The normalized spacial score (nSPS) is 25.9. The molecule has 0 spiro atoms. The van der Waals surface area contributed by atoms with Crippen molar-refractivity contribution in [1.82, 2.24) is 0 Å². The Morgan fingerprint density at radius 2 is 1.93 bits per heavy atom. The van der Waals surface area contributed by atoms with Crippen molar-refractivity contribution < 1.29 is 13.2 Å². The minimum absolute atomic E-state index is 0.108. The zero-order valence-electron chi connectivity index (χ0n) is 7.72. The van der Waals surface area contributed by atoms with Gasteiger partial charge in [0.15, 0.2) is 9.84 Å². The van der Waals surface area contributed by atoms with Crippen molar-refractivity contribution in [3.05, 3.63) is 35.9 Å². The number of hydrogen-bond donors (Lipinski definition) is 0. The fraction of sp³-hybridized carbons (Fsp3) is 0.400. The summed E-state index contributed by atoms with van der Waals surface area (Å²) in [6, 6.07) is 9.47. The lowest BCUT2D eigenvalue weighted by atomic mass is 10.1. The SMILES string of the molecule is O=S1(=O)CCOC(c2ccccc2)C1. The zero-order valence-corrected chi connectivity index (χ0v) is 8.53. The smallest absolute Gasteiger partial charge is 0.155 e. The maximum Gasteiger partial charge on any atom is 0.155 e. The quantitative estimate of drug-likeness (QED) is 0.702. The van der Waals surface area contributed by atoms with E-state index in [1.165, 1.54) is 0 Å². The molecule has 0 amide bonds. The van der Waals surface area contributed by atoms with Gasteiger partial charge in [-0.3, -0.25) is 0 Å². The van der Waals surface area contributed by atoms with Crippen molar-refractivity contribution >= 4 is 9.84 Å². The van der Waals surface area contributed by atoms with Gasteiger partial charge in [-0.15, -0.1) is 0 Å². The van der Waals surface area contributed by atoms with Crippen LogP contribution in [0.15, 0.2) is 30.3 Å². The van der Waals surface area contributed by atoms with Crippen LogP contribution in [0.4, 0.5) is 0 Å². The van der Waals surface area contributed by atoms with E-state index in [-0.39, 0.29) is 17.6 Å². The Kier molecular flexibility index (Phi) is 2.56. The molecule has 1 fully saturated rings. The van der Waals surface area contributed by atoms with Crippen LogP contribution in [0.2, 0.25) is 0 Å². The van der Waals surface area contributed by atoms with E-state index in [9.17, 15) is 8.42 Å². The predicted octanol–water partition coefficient (Wildman–Crippen LogP) is 1.17. The molecule has 1 unspecified atom stereocenters. The summed E-state index contributed by atoms with van der Waals surface area (Å²) in [6.45, 7) is 0.307. The summed E-state index contributed by atoms with van der Waals surface area (Å²) in [5, 5.41) is 0. The molecule has 1 aliphatic rings. The van der Waals surface area contributed by atoms with Crippen LogP contribution in [-0.2, 0) is 14.6 Å². The average molecular weight is 212 g/mol. The summed E-state index contributed by atoms with van der Waals surface area (Å²) in [5.74, 6) is 0.257. The van der Waals surface area contributed by atoms with Gasteiger partial charge in [0.2, 0.25) is 0 Å². The van der Waals surface area contributed by atoms with E-state index in [2.05, 4.69) is 0 Å². The van der Waals surface area contributed by atoms with E-state index in [1.807, 2.05) is 30.3 Å². The molecule has 2 rings (SSSR count). The lowest BCUT2D eigenvalue weighted by molar-refractivity contribution is 0.0718. The largest absolute Gasteiger partial charge is 0.371 e. The molecule has 14 heavy (non-hydrogen) atoms. The van der Waals surface area contributed by atoms with Crippen molar-refractivity contribution in [2.75, 3.05) is 18.1 Å². The van der Waals surface area contributed by atoms with Crippen LogP contribution in [0.1, 0.15) is 11.7 Å². The van der Waals surface area contributed by atoms with Gasteiger partial charge in [0, 0.05) is 0 Å². The minimum Gasteiger partial charge on any atom is -0.371 e. The molecule has 0 saturated carbocycles. The molecular weight excluding hydrogens is 200 g/mol. The van der Waals surface area contributed by atoms with Crippen LogP contribution >= 0.6 is 0 Å². The van der Waals surface area contributed by atoms with Crippen LogP contribution in [0, 0.1) is 0 Å². The first-order chi connectivity index (χ1) is 6.67. The highest BCUT2D eigenvalue weighted by Crippen LogP contribution is 2.22. The van der Waals surface area contributed by atoms with E-state index in [4.69, 9.17) is 4.74 Å². The first-order valence-electron chi connectivity index (χ1n) is 4.54. The second-order valence-electron chi connectivity index (χ2n) is 3.38. The Hall–Kier alpha value is -0.870. The standard InChI is InChI=1S/C10H12O3S/c11-14(12)7-6-13-10(8-14)9-4-2-1-3-5-9/h1-5,10H,6-8H2. The second-order valence-corrected chi connectivity index (χ2v) is 5.61. The Labute approximate surface area is 83.6 Å². The molecule has 1 aromatic rings. The third kappa shape index (κ3) is 2.13. The molecule has 0 aliphatic carbocycles. The molecule has 1 atom stereocenters. The third-order valence-corrected chi connectivity index (χ3v) is 3.89. The highest BCUT2D eigenvalue weighted by Gasteiger charge is 2.26. The molecule has 3 nitrogen and oxygen atoms in total. The number of benzene rings is 1. The first kappa shape index (κ1) is 9.68. The minimum atomic E-state index is -2.91. The predicted molar refractivity (Wildman–Crippen MR) is 53.8 cm³/mol. The van der Waals surface area contributed by atoms with Gasteiger partial charge in [-0.05, 0) is 5.56 Å². The second kappa shape index (κ2) is 3.71. The Balaban J connectivity index is 2.21. The van der Waals surface area contributed by atoms with Gasteiger partial charge in [0.25, 0.3) is 0 Å². The zero-order chi connectivity index (χ0) is 10.0. The lowest BCUT2D eigenvalue weighted by Crippen LogP contribution is -2.28. The van der Waals surface area contributed by atoms with Gasteiger partial charge < -0.3 is 4.74 Å². The van der Waals surface area contributed by atoms with Crippen LogP contribution in [-0.4, -0.2) is 26.5 Å². The van der Waals surface area contributed by atoms with E-state index in [1.54, 1.807) is 0 Å². The third-order valence-electron chi connectivity index (χ3n) is 2.29. The van der Waals surface area contributed by atoms with Crippen LogP contribution in [0.5, 0.6) is 0 Å². The highest BCUT2D eigenvalue weighted by molar-refractivity contribution is 7.91. The van der Waals surface area contributed by atoms with Gasteiger partial charge in [0.05, 0.1) is 24.2 Å².